The van der Waals surface area contributed by atoms with Crippen molar-refractivity contribution in [1.29, 1.82) is 0 Å². The molecule has 19 heavy (non-hydrogen) atoms. The molecule has 0 spiro atoms. The molecule has 0 saturated carbocycles. The molecule has 1 heterocycles. The van der Waals surface area contributed by atoms with Crippen molar-refractivity contribution in [1.82, 2.24) is 10.6 Å². The Bertz CT molecular complexity index is 455. The highest BCUT2D eigenvalue weighted by Crippen LogP contribution is 2.16. The Morgan fingerprint density at radius 3 is 2.68 bits per heavy atom. The number of hydrogen-bond acceptors (Lipinski definition) is 4. The van der Waals surface area contributed by atoms with Gasteiger partial charge in [-0.25, -0.2) is 0 Å². The predicted molar refractivity (Wildman–Crippen MR) is 77.1 cm³/mol. The van der Waals surface area contributed by atoms with Crippen molar-refractivity contribution in [2.24, 2.45) is 0 Å². The molecule has 1 aliphatic heterocycles. The molecule has 0 radical (unpaired) electrons. The van der Waals surface area contributed by atoms with Gasteiger partial charge in [-0.1, -0.05) is 0 Å². The van der Waals surface area contributed by atoms with Crippen LogP contribution < -0.4 is 16.4 Å². The fourth-order valence-corrected chi connectivity index (χ4v) is 2.98. The van der Waals surface area contributed by atoms with Crippen LogP contribution in [0.15, 0.2) is 24.3 Å². The number of hydrogen-bond donors (Lipinski definition) is 3. The Labute approximate surface area is 116 Å². The predicted octanol–water partition coefficient (Wildman–Crippen LogP) is 0.620. The molecule has 1 aromatic rings. The smallest absolute Gasteiger partial charge is 0.251 e. The second-order valence-corrected chi connectivity index (χ2v) is 5.58. The summed E-state index contributed by atoms with van der Waals surface area (Å²) in [5.74, 6) is 1.63. The van der Waals surface area contributed by atoms with Gasteiger partial charge < -0.3 is 16.4 Å². The van der Waals surface area contributed by atoms with Gasteiger partial charge >= 0.3 is 0 Å². The van der Waals surface area contributed by atoms with E-state index >= 15 is 0 Å². The summed E-state index contributed by atoms with van der Waals surface area (Å²) in [6.07, 6.45) is 1.00. The van der Waals surface area contributed by atoms with Gasteiger partial charge in [0, 0.05) is 23.0 Å². The maximum atomic E-state index is 11.8. The van der Waals surface area contributed by atoms with Crippen LogP contribution in [0.3, 0.4) is 0 Å². The van der Waals surface area contributed by atoms with Gasteiger partial charge in [0.25, 0.3) is 5.91 Å². The number of carbonyl (C=O) groups excluding carboxylic acids is 2. The first-order chi connectivity index (χ1) is 9.15. The molecule has 1 saturated heterocycles. The minimum Gasteiger partial charge on any atom is -0.399 e. The molecule has 0 aromatic heterocycles. The third-order valence-corrected chi connectivity index (χ3v) is 4.04. The van der Waals surface area contributed by atoms with E-state index in [-0.39, 0.29) is 24.4 Å². The Balaban J connectivity index is 1.76. The van der Waals surface area contributed by atoms with Crippen molar-refractivity contribution < 1.29 is 9.59 Å². The zero-order valence-corrected chi connectivity index (χ0v) is 11.3. The quantitative estimate of drug-likeness (QED) is 0.705. The van der Waals surface area contributed by atoms with E-state index in [9.17, 15) is 9.59 Å². The average Bonchev–Trinajstić information content (AvgIpc) is 2.89. The highest BCUT2D eigenvalue weighted by Gasteiger charge is 2.17. The Morgan fingerprint density at radius 2 is 2.05 bits per heavy atom. The van der Waals surface area contributed by atoms with E-state index in [1.807, 2.05) is 11.8 Å². The lowest BCUT2D eigenvalue weighted by Gasteiger charge is -2.11. The van der Waals surface area contributed by atoms with Crippen LogP contribution >= 0.6 is 11.8 Å². The van der Waals surface area contributed by atoms with Gasteiger partial charge in [0.2, 0.25) is 5.91 Å². The minimum absolute atomic E-state index is 0.00434. The van der Waals surface area contributed by atoms with Crippen LogP contribution in [-0.2, 0) is 4.79 Å². The SMILES string of the molecule is Nc1ccc(C(=O)NCC(=O)NC2CCSC2)cc1. The summed E-state index contributed by atoms with van der Waals surface area (Å²) in [5, 5.41) is 5.49. The number of anilines is 1. The van der Waals surface area contributed by atoms with Gasteiger partial charge in [0.05, 0.1) is 6.54 Å². The van der Waals surface area contributed by atoms with Crippen LogP contribution in [0.25, 0.3) is 0 Å². The molecule has 0 aliphatic carbocycles. The number of amides is 2. The van der Waals surface area contributed by atoms with E-state index in [1.165, 1.54) is 0 Å². The topological polar surface area (TPSA) is 84.2 Å². The molecule has 6 heteroatoms. The Hall–Kier alpha value is -1.69. The van der Waals surface area contributed by atoms with Crippen LogP contribution in [-0.4, -0.2) is 35.9 Å². The van der Waals surface area contributed by atoms with Gasteiger partial charge in [0.15, 0.2) is 0 Å². The summed E-state index contributed by atoms with van der Waals surface area (Å²) in [7, 11) is 0. The van der Waals surface area contributed by atoms with Crippen LogP contribution in [0.2, 0.25) is 0 Å². The third kappa shape index (κ3) is 4.17. The van der Waals surface area contributed by atoms with Crippen LogP contribution in [0.5, 0.6) is 0 Å². The molecule has 1 aliphatic rings. The van der Waals surface area contributed by atoms with Crippen molar-refractivity contribution in [2.75, 3.05) is 23.8 Å². The summed E-state index contributed by atoms with van der Waals surface area (Å²) >= 11 is 1.83. The molecule has 2 amide bonds. The normalized spacial score (nSPS) is 18.0. The van der Waals surface area contributed by atoms with Crippen molar-refractivity contribution in [3.8, 4) is 0 Å². The van der Waals surface area contributed by atoms with E-state index < -0.39 is 0 Å². The average molecular weight is 279 g/mol. The van der Waals surface area contributed by atoms with Gasteiger partial charge in [-0.2, -0.15) is 11.8 Å². The van der Waals surface area contributed by atoms with Crippen molar-refractivity contribution in [3.05, 3.63) is 29.8 Å². The van der Waals surface area contributed by atoms with Crippen molar-refractivity contribution in [3.63, 3.8) is 0 Å². The number of nitrogens with two attached hydrogens (primary N) is 1. The highest BCUT2D eigenvalue weighted by molar-refractivity contribution is 7.99. The Kier molecular flexibility index (Phi) is 4.68. The molecule has 1 unspecified atom stereocenters. The molecule has 1 atom stereocenters. The molecule has 0 bridgehead atoms. The van der Waals surface area contributed by atoms with Gasteiger partial charge in [-0.15, -0.1) is 0 Å². The maximum Gasteiger partial charge on any atom is 0.251 e. The maximum absolute atomic E-state index is 11.8. The first kappa shape index (κ1) is 13.7. The zero-order valence-electron chi connectivity index (χ0n) is 10.5. The van der Waals surface area contributed by atoms with Gasteiger partial charge in [-0.05, 0) is 36.4 Å². The molecule has 2 rings (SSSR count). The lowest BCUT2D eigenvalue weighted by Crippen LogP contribution is -2.42. The third-order valence-electron chi connectivity index (χ3n) is 2.88. The number of carbonyl (C=O) groups is 2. The van der Waals surface area contributed by atoms with Gasteiger partial charge in [0.1, 0.15) is 0 Å². The van der Waals surface area contributed by atoms with Crippen molar-refractivity contribution >= 4 is 29.3 Å². The lowest BCUT2D eigenvalue weighted by atomic mass is 10.2. The summed E-state index contributed by atoms with van der Waals surface area (Å²) in [6, 6.07) is 6.83. The largest absolute Gasteiger partial charge is 0.399 e. The second-order valence-electron chi connectivity index (χ2n) is 4.43. The van der Waals surface area contributed by atoms with E-state index in [0.29, 0.717) is 11.3 Å². The number of nitrogen functional groups attached to an aromatic ring is 1. The van der Waals surface area contributed by atoms with Crippen LogP contribution in [0, 0.1) is 0 Å². The van der Waals surface area contributed by atoms with Crippen LogP contribution in [0.1, 0.15) is 16.8 Å². The van der Waals surface area contributed by atoms with E-state index in [2.05, 4.69) is 10.6 Å². The molecule has 5 nitrogen and oxygen atoms in total. The standard InChI is InChI=1S/C13H17N3O2S/c14-10-3-1-9(2-4-10)13(18)15-7-12(17)16-11-5-6-19-8-11/h1-4,11H,5-8,14H2,(H,15,18)(H,16,17). The molecule has 102 valence electrons. The highest BCUT2D eigenvalue weighted by atomic mass is 32.2. The summed E-state index contributed by atoms with van der Waals surface area (Å²) in [6.45, 7) is 0.00434. The summed E-state index contributed by atoms with van der Waals surface area (Å²) in [5.41, 5.74) is 6.65. The van der Waals surface area contributed by atoms with Gasteiger partial charge in [-0.3, -0.25) is 9.59 Å². The second kappa shape index (κ2) is 6.47. The van der Waals surface area contributed by atoms with E-state index in [0.717, 1.165) is 17.9 Å². The number of rotatable bonds is 4. The first-order valence-electron chi connectivity index (χ1n) is 6.16. The zero-order chi connectivity index (χ0) is 13.7. The van der Waals surface area contributed by atoms with E-state index in [1.54, 1.807) is 24.3 Å². The van der Waals surface area contributed by atoms with Crippen LogP contribution in [0.4, 0.5) is 5.69 Å². The fourth-order valence-electron chi connectivity index (χ4n) is 1.82. The molecule has 4 N–H and O–H groups in total. The number of nitrogens with one attached hydrogen (secondary N) is 2. The number of benzene rings is 1. The van der Waals surface area contributed by atoms with Crippen molar-refractivity contribution in [2.45, 2.75) is 12.5 Å². The fraction of sp³-hybridized carbons (Fsp3) is 0.385. The Morgan fingerprint density at radius 1 is 1.32 bits per heavy atom. The monoisotopic (exact) mass is 279 g/mol. The number of thioether (sulfide) groups is 1. The molecular formula is C13H17N3O2S. The first-order valence-corrected chi connectivity index (χ1v) is 7.31. The summed E-state index contributed by atoms with van der Waals surface area (Å²) in [4.78, 5) is 23.4. The molecule has 1 fully saturated rings. The van der Waals surface area contributed by atoms with E-state index in [4.69, 9.17) is 5.73 Å². The summed E-state index contributed by atoms with van der Waals surface area (Å²) < 4.78 is 0. The minimum atomic E-state index is -0.268. The molecule has 1 aromatic carbocycles. The lowest BCUT2D eigenvalue weighted by molar-refractivity contribution is -0.120. The molecular weight excluding hydrogens is 262 g/mol.